The van der Waals surface area contributed by atoms with Crippen LogP contribution in [0.15, 0.2) is 42.5 Å². The molecule has 1 saturated heterocycles. The van der Waals surface area contributed by atoms with E-state index in [1.165, 1.54) is 4.90 Å². The molecule has 0 radical (unpaired) electrons. The zero-order valence-corrected chi connectivity index (χ0v) is 15.1. The molecule has 3 amide bonds. The van der Waals surface area contributed by atoms with Gasteiger partial charge in [0.2, 0.25) is 17.7 Å². The van der Waals surface area contributed by atoms with Crippen LogP contribution in [0.4, 0.5) is 5.69 Å². The summed E-state index contributed by atoms with van der Waals surface area (Å²) in [5.74, 6) is 0.268. The summed E-state index contributed by atoms with van der Waals surface area (Å²) >= 11 is 0. The molecule has 0 aromatic heterocycles. The highest BCUT2D eigenvalue weighted by atomic mass is 16.2. The van der Waals surface area contributed by atoms with Gasteiger partial charge >= 0.3 is 0 Å². The summed E-state index contributed by atoms with van der Waals surface area (Å²) in [6.45, 7) is 0.181. The van der Waals surface area contributed by atoms with Gasteiger partial charge in [-0.25, -0.2) is 0 Å². The normalized spacial score (nSPS) is 28.8. The predicted octanol–water partition coefficient (Wildman–Crippen LogP) is 3.20. The second kappa shape index (κ2) is 6.19. The molecule has 5 rings (SSSR count). The van der Waals surface area contributed by atoms with Gasteiger partial charge in [0, 0.05) is 24.0 Å². The van der Waals surface area contributed by atoms with E-state index < -0.39 is 0 Å². The SMILES string of the molecule is O=C(CCN1C(=O)C2C3CCC(C3)C2C1=O)Nc1cccc2ccccc12. The second-order valence-corrected chi connectivity index (χ2v) is 8.04. The zero-order chi connectivity index (χ0) is 18.5. The van der Waals surface area contributed by atoms with Crippen LogP contribution in [0.25, 0.3) is 10.8 Å². The van der Waals surface area contributed by atoms with Crippen LogP contribution in [0.1, 0.15) is 25.7 Å². The van der Waals surface area contributed by atoms with Gasteiger partial charge in [-0.2, -0.15) is 0 Å². The third-order valence-corrected chi connectivity index (χ3v) is 6.64. The molecule has 138 valence electrons. The Labute approximate surface area is 157 Å². The maximum atomic E-state index is 12.7. The highest BCUT2D eigenvalue weighted by molar-refractivity contribution is 6.07. The number of carbonyl (C=O) groups excluding carboxylic acids is 3. The summed E-state index contributed by atoms with van der Waals surface area (Å²) in [5, 5.41) is 4.97. The van der Waals surface area contributed by atoms with Crippen LogP contribution < -0.4 is 5.32 Å². The van der Waals surface area contributed by atoms with Crippen LogP contribution in [0, 0.1) is 23.7 Å². The van der Waals surface area contributed by atoms with Crippen molar-refractivity contribution in [2.45, 2.75) is 25.7 Å². The number of benzene rings is 2. The molecule has 3 aliphatic rings. The van der Waals surface area contributed by atoms with Gasteiger partial charge in [0.1, 0.15) is 0 Å². The first-order chi connectivity index (χ1) is 13.1. The Bertz CT molecular complexity index is 920. The number of rotatable bonds is 4. The Morgan fingerprint density at radius 1 is 0.963 bits per heavy atom. The molecule has 1 aliphatic heterocycles. The first-order valence-electron chi connectivity index (χ1n) is 9.76. The smallest absolute Gasteiger partial charge is 0.233 e. The largest absolute Gasteiger partial charge is 0.325 e. The number of imide groups is 1. The van der Waals surface area contributed by atoms with E-state index in [9.17, 15) is 14.4 Å². The standard InChI is InChI=1S/C22H22N2O3/c25-18(23-17-7-3-5-13-4-1-2-6-16(13)17)10-11-24-21(26)19-14-8-9-15(12-14)20(19)22(24)27/h1-7,14-15,19-20H,8-12H2,(H,23,25). The lowest BCUT2D eigenvalue weighted by molar-refractivity contribution is -0.140. The van der Waals surface area contributed by atoms with Gasteiger partial charge in [-0.05, 0) is 42.6 Å². The topological polar surface area (TPSA) is 66.5 Å². The van der Waals surface area contributed by atoms with E-state index in [2.05, 4.69) is 5.32 Å². The number of nitrogens with zero attached hydrogens (tertiary/aromatic N) is 1. The minimum atomic E-state index is -0.174. The molecule has 1 heterocycles. The molecule has 4 atom stereocenters. The minimum absolute atomic E-state index is 0.0461. The van der Waals surface area contributed by atoms with Crippen LogP contribution >= 0.6 is 0 Å². The fourth-order valence-corrected chi connectivity index (χ4v) is 5.45. The average Bonchev–Trinajstić information content (AvgIpc) is 3.35. The van der Waals surface area contributed by atoms with Crippen LogP contribution in [-0.2, 0) is 14.4 Å². The van der Waals surface area contributed by atoms with Gasteiger partial charge in [-0.1, -0.05) is 36.4 Å². The van der Waals surface area contributed by atoms with Gasteiger partial charge in [0.05, 0.1) is 11.8 Å². The van der Waals surface area contributed by atoms with Gasteiger partial charge < -0.3 is 5.32 Å². The van der Waals surface area contributed by atoms with Crippen molar-refractivity contribution in [3.05, 3.63) is 42.5 Å². The van der Waals surface area contributed by atoms with Gasteiger partial charge in [-0.3, -0.25) is 19.3 Å². The molecule has 5 heteroatoms. The number of carbonyl (C=O) groups is 3. The van der Waals surface area contributed by atoms with Crippen molar-refractivity contribution in [3.63, 3.8) is 0 Å². The molecule has 2 aliphatic carbocycles. The number of fused-ring (bicyclic) bond motifs is 6. The second-order valence-electron chi connectivity index (χ2n) is 8.04. The lowest BCUT2D eigenvalue weighted by Crippen LogP contribution is -2.35. The third-order valence-electron chi connectivity index (χ3n) is 6.64. The molecule has 2 bridgehead atoms. The summed E-state index contributed by atoms with van der Waals surface area (Å²) in [6.07, 6.45) is 3.30. The Morgan fingerprint density at radius 3 is 2.37 bits per heavy atom. The van der Waals surface area contributed by atoms with Gasteiger partial charge in [0.25, 0.3) is 0 Å². The maximum absolute atomic E-state index is 12.7. The molecule has 2 saturated carbocycles. The lowest BCUT2D eigenvalue weighted by Gasteiger charge is -2.19. The Balaban J connectivity index is 1.26. The number of hydrogen-bond donors (Lipinski definition) is 1. The van der Waals surface area contributed by atoms with Crippen molar-refractivity contribution in [1.29, 1.82) is 0 Å². The van der Waals surface area contributed by atoms with Crippen molar-refractivity contribution in [3.8, 4) is 0 Å². The fourth-order valence-electron chi connectivity index (χ4n) is 5.45. The summed E-state index contributed by atoms with van der Waals surface area (Å²) in [5.41, 5.74) is 0.757. The number of anilines is 1. The molecule has 1 N–H and O–H groups in total. The van der Waals surface area contributed by atoms with Gasteiger partial charge in [-0.15, -0.1) is 0 Å². The Hall–Kier alpha value is -2.69. The Kier molecular flexibility index (Phi) is 3.78. The van der Waals surface area contributed by atoms with Gasteiger partial charge in [0.15, 0.2) is 0 Å². The van der Waals surface area contributed by atoms with Crippen LogP contribution in [-0.4, -0.2) is 29.2 Å². The Morgan fingerprint density at radius 2 is 1.63 bits per heavy atom. The van der Waals surface area contributed by atoms with Crippen molar-refractivity contribution >= 4 is 34.2 Å². The minimum Gasteiger partial charge on any atom is -0.325 e. The van der Waals surface area contributed by atoms with E-state index >= 15 is 0 Å². The van der Waals surface area contributed by atoms with E-state index in [4.69, 9.17) is 0 Å². The predicted molar refractivity (Wildman–Crippen MR) is 102 cm³/mol. The maximum Gasteiger partial charge on any atom is 0.233 e. The molecule has 4 unspecified atom stereocenters. The molecule has 2 aromatic carbocycles. The van der Waals surface area contributed by atoms with Crippen LogP contribution in [0.5, 0.6) is 0 Å². The van der Waals surface area contributed by atoms with E-state index in [-0.39, 0.29) is 42.5 Å². The number of hydrogen-bond acceptors (Lipinski definition) is 3. The highest BCUT2D eigenvalue weighted by Gasteiger charge is 2.60. The molecule has 0 spiro atoms. The van der Waals surface area contributed by atoms with Crippen molar-refractivity contribution < 1.29 is 14.4 Å². The van der Waals surface area contributed by atoms with Crippen molar-refractivity contribution in [2.75, 3.05) is 11.9 Å². The van der Waals surface area contributed by atoms with E-state index in [1.807, 2.05) is 42.5 Å². The average molecular weight is 362 g/mol. The number of nitrogens with one attached hydrogen (secondary N) is 1. The summed E-state index contributed by atoms with van der Waals surface area (Å²) in [4.78, 5) is 39.2. The first-order valence-corrected chi connectivity index (χ1v) is 9.76. The lowest BCUT2D eigenvalue weighted by atomic mass is 9.81. The number of likely N-dealkylation sites (tertiary alicyclic amines) is 1. The molecule has 2 aromatic rings. The van der Waals surface area contributed by atoms with Crippen molar-refractivity contribution in [1.82, 2.24) is 4.90 Å². The summed E-state index contributed by atoms with van der Waals surface area (Å²) in [6, 6.07) is 13.6. The molecular formula is C22H22N2O3. The van der Waals surface area contributed by atoms with Crippen molar-refractivity contribution in [2.24, 2.45) is 23.7 Å². The van der Waals surface area contributed by atoms with E-state index in [0.29, 0.717) is 11.8 Å². The highest BCUT2D eigenvalue weighted by Crippen LogP contribution is 2.56. The van der Waals surface area contributed by atoms with E-state index in [1.54, 1.807) is 0 Å². The quantitative estimate of drug-likeness (QED) is 0.850. The summed E-state index contributed by atoms with van der Waals surface area (Å²) in [7, 11) is 0. The summed E-state index contributed by atoms with van der Waals surface area (Å²) < 4.78 is 0. The zero-order valence-electron chi connectivity index (χ0n) is 15.1. The molecular weight excluding hydrogens is 340 g/mol. The third kappa shape index (κ3) is 2.56. The molecule has 5 nitrogen and oxygen atoms in total. The molecule has 27 heavy (non-hydrogen) atoms. The molecule has 3 fully saturated rings. The van der Waals surface area contributed by atoms with E-state index in [0.717, 1.165) is 35.7 Å². The monoisotopic (exact) mass is 362 g/mol. The van der Waals surface area contributed by atoms with Crippen LogP contribution in [0.3, 0.4) is 0 Å². The van der Waals surface area contributed by atoms with Crippen LogP contribution in [0.2, 0.25) is 0 Å². The fraction of sp³-hybridized carbons (Fsp3) is 0.409. The number of amides is 3. The first kappa shape index (κ1) is 16.5.